The predicted molar refractivity (Wildman–Crippen MR) is 98.3 cm³/mol. The number of aryl methyl sites for hydroxylation is 1. The van der Waals surface area contributed by atoms with Crippen molar-refractivity contribution >= 4 is 11.7 Å². The van der Waals surface area contributed by atoms with Crippen LogP contribution in [-0.2, 0) is 17.6 Å². The molecule has 1 N–H and O–H groups in total. The summed E-state index contributed by atoms with van der Waals surface area (Å²) in [5, 5.41) is 3.05. The highest BCUT2D eigenvalue weighted by atomic mass is 16.1. The van der Waals surface area contributed by atoms with Crippen molar-refractivity contribution in [1.29, 1.82) is 0 Å². The molecule has 3 nitrogen and oxygen atoms in total. The molecule has 0 spiro atoms. The Bertz CT molecular complexity index is 565. The number of nitrogens with one attached hydrogen (secondary N) is 1. The van der Waals surface area contributed by atoms with Gasteiger partial charge in [-0.25, -0.2) is 0 Å². The lowest BCUT2D eigenvalue weighted by Gasteiger charge is -2.24. The van der Waals surface area contributed by atoms with Crippen molar-refractivity contribution in [1.82, 2.24) is 5.32 Å². The lowest BCUT2D eigenvalue weighted by Crippen LogP contribution is -2.34. The fourth-order valence-corrected chi connectivity index (χ4v) is 3.36. The van der Waals surface area contributed by atoms with Crippen LogP contribution >= 0.6 is 0 Å². The molecule has 1 aromatic rings. The molecule has 1 atom stereocenters. The summed E-state index contributed by atoms with van der Waals surface area (Å²) in [4.78, 5) is 24.5. The molecular formula is C21H31NO2. The number of amides is 1. The summed E-state index contributed by atoms with van der Waals surface area (Å²) in [5.74, 6) is 0.528. The topological polar surface area (TPSA) is 46.2 Å². The maximum Gasteiger partial charge on any atom is 0.223 e. The van der Waals surface area contributed by atoms with Crippen LogP contribution in [0.5, 0.6) is 0 Å². The summed E-state index contributed by atoms with van der Waals surface area (Å²) < 4.78 is 0. The normalized spacial score (nSPS) is 16.5. The monoisotopic (exact) mass is 329 g/mol. The van der Waals surface area contributed by atoms with E-state index in [2.05, 4.69) is 31.3 Å². The van der Waals surface area contributed by atoms with Crippen LogP contribution in [0.4, 0.5) is 0 Å². The van der Waals surface area contributed by atoms with Crippen LogP contribution in [0.15, 0.2) is 18.2 Å². The van der Waals surface area contributed by atoms with Gasteiger partial charge in [0.15, 0.2) is 5.78 Å². The number of hydrogen-bond acceptors (Lipinski definition) is 2. The fourth-order valence-electron chi connectivity index (χ4n) is 3.36. The molecule has 0 bridgehead atoms. The summed E-state index contributed by atoms with van der Waals surface area (Å²) in [6.07, 6.45) is 8.61. The molecule has 1 amide bonds. The molecule has 1 aromatic carbocycles. The van der Waals surface area contributed by atoms with Gasteiger partial charge in [0.25, 0.3) is 0 Å². The standard InChI is InChI=1S/C21H31NO2/c1-3-5-7-8-20(23)18-11-9-17-15-19(12-10-16(17)14-18)21(24)22-13-6-4-2/h9,11,14,19H,3-8,10,12-13,15H2,1-2H3,(H,22,24). The summed E-state index contributed by atoms with van der Waals surface area (Å²) in [7, 11) is 0. The molecule has 0 saturated carbocycles. The van der Waals surface area contributed by atoms with Crippen molar-refractivity contribution in [3.63, 3.8) is 0 Å². The Labute approximate surface area is 146 Å². The molecule has 0 saturated heterocycles. The van der Waals surface area contributed by atoms with Crippen molar-refractivity contribution in [2.24, 2.45) is 5.92 Å². The van der Waals surface area contributed by atoms with Crippen LogP contribution in [0.25, 0.3) is 0 Å². The molecule has 1 aliphatic rings. The van der Waals surface area contributed by atoms with E-state index in [1.165, 1.54) is 11.1 Å². The highest BCUT2D eigenvalue weighted by Gasteiger charge is 2.24. The van der Waals surface area contributed by atoms with Gasteiger partial charge in [-0.2, -0.15) is 0 Å². The summed E-state index contributed by atoms with van der Waals surface area (Å²) in [5.41, 5.74) is 3.34. The number of carbonyl (C=O) groups is 2. The van der Waals surface area contributed by atoms with Crippen LogP contribution in [0.3, 0.4) is 0 Å². The molecule has 2 rings (SSSR count). The molecule has 0 radical (unpaired) electrons. The van der Waals surface area contributed by atoms with Crippen LogP contribution in [0.2, 0.25) is 0 Å². The van der Waals surface area contributed by atoms with Crippen molar-refractivity contribution in [2.75, 3.05) is 6.54 Å². The van der Waals surface area contributed by atoms with Gasteiger partial charge in [-0.15, -0.1) is 0 Å². The zero-order valence-electron chi connectivity index (χ0n) is 15.2. The van der Waals surface area contributed by atoms with Gasteiger partial charge in [0, 0.05) is 24.4 Å². The Kier molecular flexibility index (Phi) is 7.48. The third-order valence-corrected chi connectivity index (χ3v) is 4.96. The molecule has 24 heavy (non-hydrogen) atoms. The highest BCUT2D eigenvalue weighted by molar-refractivity contribution is 5.96. The highest BCUT2D eigenvalue weighted by Crippen LogP contribution is 2.27. The molecule has 1 aliphatic carbocycles. The Morgan fingerprint density at radius 2 is 1.88 bits per heavy atom. The first kappa shape index (κ1) is 18.7. The largest absolute Gasteiger partial charge is 0.356 e. The predicted octanol–water partition coefficient (Wildman–Crippen LogP) is 4.47. The number of fused-ring (bicyclic) bond motifs is 1. The molecule has 1 unspecified atom stereocenters. The van der Waals surface area contributed by atoms with E-state index in [4.69, 9.17) is 0 Å². The quantitative estimate of drug-likeness (QED) is 0.536. The number of hydrogen-bond donors (Lipinski definition) is 1. The average molecular weight is 329 g/mol. The lowest BCUT2D eigenvalue weighted by atomic mass is 9.82. The SMILES string of the molecule is CCCCCC(=O)c1ccc2c(c1)CCC(C(=O)NCCCC)C2. The van der Waals surface area contributed by atoms with Crippen molar-refractivity contribution < 1.29 is 9.59 Å². The van der Waals surface area contributed by atoms with Gasteiger partial charge in [-0.05, 0) is 49.3 Å². The van der Waals surface area contributed by atoms with Gasteiger partial charge in [0.2, 0.25) is 5.91 Å². The lowest BCUT2D eigenvalue weighted by molar-refractivity contribution is -0.125. The van der Waals surface area contributed by atoms with E-state index in [1.807, 2.05) is 6.07 Å². The Morgan fingerprint density at radius 3 is 2.62 bits per heavy atom. The first-order valence-electron chi connectivity index (χ1n) is 9.58. The minimum Gasteiger partial charge on any atom is -0.356 e. The van der Waals surface area contributed by atoms with E-state index in [9.17, 15) is 9.59 Å². The van der Waals surface area contributed by atoms with Crippen LogP contribution in [-0.4, -0.2) is 18.2 Å². The van der Waals surface area contributed by atoms with Gasteiger partial charge in [-0.3, -0.25) is 9.59 Å². The Balaban J connectivity index is 1.93. The summed E-state index contributed by atoms with van der Waals surface area (Å²) in [6.45, 7) is 5.06. The van der Waals surface area contributed by atoms with E-state index >= 15 is 0 Å². The third kappa shape index (κ3) is 5.19. The first-order chi connectivity index (χ1) is 11.7. The number of carbonyl (C=O) groups excluding carboxylic acids is 2. The number of unbranched alkanes of at least 4 members (excludes halogenated alkanes) is 3. The number of rotatable bonds is 9. The van der Waals surface area contributed by atoms with E-state index in [-0.39, 0.29) is 17.6 Å². The second-order valence-electron chi connectivity index (χ2n) is 6.95. The fraction of sp³-hybridized carbons (Fsp3) is 0.619. The smallest absolute Gasteiger partial charge is 0.223 e. The van der Waals surface area contributed by atoms with Crippen LogP contribution in [0.1, 0.15) is 80.3 Å². The van der Waals surface area contributed by atoms with Gasteiger partial charge < -0.3 is 5.32 Å². The zero-order valence-corrected chi connectivity index (χ0v) is 15.2. The second-order valence-corrected chi connectivity index (χ2v) is 6.95. The van der Waals surface area contributed by atoms with Gasteiger partial charge in [-0.1, -0.05) is 45.2 Å². The van der Waals surface area contributed by atoms with Gasteiger partial charge >= 0.3 is 0 Å². The number of ketones is 1. The van der Waals surface area contributed by atoms with E-state index in [0.717, 1.165) is 63.5 Å². The minimum absolute atomic E-state index is 0.0838. The average Bonchev–Trinajstić information content (AvgIpc) is 2.61. The summed E-state index contributed by atoms with van der Waals surface area (Å²) >= 11 is 0. The van der Waals surface area contributed by atoms with Crippen molar-refractivity contribution in [3.05, 3.63) is 34.9 Å². The Hall–Kier alpha value is -1.64. The molecule has 0 aromatic heterocycles. The van der Waals surface area contributed by atoms with Gasteiger partial charge in [0.1, 0.15) is 0 Å². The number of Topliss-reactive ketones (excluding diaryl/α,β-unsaturated/α-hetero) is 1. The Morgan fingerprint density at radius 1 is 1.08 bits per heavy atom. The maximum atomic E-state index is 12.3. The zero-order chi connectivity index (χ0) is 17.4. The van der Waals surface area contributed by atoms with Crippen molar-refractivity contribution in [2.45, 2.75) is 71.6 Å². The molecule has 0 heterocycles. The van der Waals surface area contributed by atoms with E-state index < -0.39 is 0 Å². The van der Waals surface area contributed by atoms with Crippen LogP contribution in [0, 0.1) is 5.92 Å². The summed E-state index contributed by atoms with van der Waals surface area (Å²) in [6, 6.07) is 6.08. The molecular weight excluding hydrogens is 298 g/mol. The molecule has 3 heteroatoms. The first-order valence-corrected chi connectivity index (χ1v) is 9.58. The van der Waals surface area contributed by atoms with E-state index in [1.54, 1.807) is 0 Å². The molecule has 0 aliphatic heterocycles. The minimum atomic E-state index is 0.0838. The third-order valence-electron chi connectivity index (χ3n) is 4.96. The maximum absolute atomic E-state index is 12.3. The van der Waals surface area contributed by atoms with Crippen LogP contribution < -0.4 is 5.32 Å². The second kappa shape index (κ2) is 9.61. The van der Waals surface area contributed by atoms with Crippen molar-refractivity contribution in [3.8, 4) is 0 Å². The molecule has 132 valence electrons. The van der Waals surface area contributed by atoms with Gasteiger partial charge in [0.05, 0.1) is 0 Å². The molecule has 0 fully saturated rings. The van der Waals surface area contributed by atoms with E-state index in [0.29, 0.717) is 6.42 Å². The number of benzene rings is 1.